The fourth-order valence-corrected chi connectivity index (χ4v) is 8.66. The van der Waals surface area contributed by atoms with Gasteiger partial charge in [0.2, 0.25) is 0 Å². The van der Waals surface area contributed by atoms with Crippen LogP contribution in [0.2, 0.25) is 0 Å². The third kappa shape index (κ3) is 9.53. The van der Waals surface area contributed by atoms with Crippen LogP contribution in [-0.2, 0) is 5.41 Å². The van der Waals surface area contributed by atoms with Gasteiger partial charge in [0.15, 0.2) is 0 Å². The Balaban J connectivity index is 1.09. The minimum absolute atomic E-state index is 0.467. The number of rotatable bonds is 19. The van der Waals surface area contributed by atoms with E-state index in [1.165, 1.54) is 161 Å². The van der Waals surface area contributed by atoms with Crippen molar-refractivity contribution in [3.8, 4) is 5.75 Å². The predicted molar refractivity (Wildman–Crippen MR) is 170 cm³/mol. The molecule has 1 aromatic rings. The molecule has 5 rings (SSSR count). The van der Waals surface area contributed by atoms with Crippen LogP contribution in [0.5, 0.6) is 5.75 Å². The average molecular weight is 537 g/mol. The Kier molecular flexibility index (Phi) is 13.1. The molecule has 1 aromatic carbocycles. The molecule has 1 heteroatoms. The van der Waals surface area contributed by atoms with Gasteiger partial charge in [-0.05, 0) is 98.1 Å². The first-order chi connectivity index (χ1) is 19.2. The van der Waals surface area contributed by atoms with Crippen molar-refractivity contribution in [3.05, 3.63) is 29.8 Å². The van der Waals surface area contributed by atoms with E-state index in [0.29, 0.717) is 10.8 Å². The molecule has 0 N–H and O–H groups in total. The molecular formula is C38H64O. The Morgan fingerprint density at radius 3 is 1.69 bits per heavy atom. The molecule has 0 amide bonds. The molecule has 0 heterocycles. The average Bonchev–Trinajstić information content (AvgIpc) is 2.99. The summed E-state index contributed by atoms with van der Waals surface area (Å²) in [5.74, 6) is 3.07. The maximum atomic E-state index is 6.21. The summed E-state index contributed by atoms with van der Waals surface area (Å²) in [5, 5.41) is 0. The van der Waals surface area contributed by atoms with E-state index in [1.807, 2.05) is 0 Å². The topological polar surface area (TPSA) is 9.23 Å². The van der Waals surface area contributed by atoms with Gasteiger partial charge in [0.05, 0.1) is 6.61 Å². The molecule has 1 nitrogen and oxygen atoms in total. The second-order valence-electron chi connectivity index (χ2n) is 14.4. The lowest BCUT2D eigenvalue weighted by atomic mass is 9.51. The fraction of sp³-hybridized carbons (Fsp3) is 0.842. The van der Waals surface area contributed by atoms with Gasteiger partial charge < -0.3 is 4.74 Å². The standard InChI is InChI=1S/C38H64O/c1-3-5-7-8-9-10-11-13-25-37-26-29-38(30-27-37,31-28-37)35-21-23-36(24-22-35)39-32-14-16-34-19-17-33(18-20-34)15-12-6-4-2/h21-24,33-34H,3-20,25-32H2,1-2H3. The van der Waals surface area contributed by atoms with Crippen LogP contribution >= 0.6 is 0 Å². The maximum absolute atomic E-state index is 6.21. The molecule has 0 saturated heterocycles. The highest BCUT2D eigenvalue weighted by atomic mass is 16.5. The monoisotopic (exact) mass is 536 g/mol. The molecule has 39 heavy (non-hydrogen) atoms. The van der Waals surface area contributed by atoms with Gasteiger partial charge in [0.1, 0.15) is 5.75 Å². The zero-order valence-corrected chi connectivity index (χ0v) is 26.3. The van der Waals surface area contributed by atoms with E-state index in [0.717, 1.165) is 24.2 Å². The van der Waals surface area contributed by atoms with Crippen molar-refractivity contribution in [2.45, 2.75) is 180 Å². The molecule has 0 aliphatic heterocycles. The number of hydrogen-bond donors (Lipinski definition) is 0. The summed E-state index contributed by atoms with van der Waals surface area (Å²) in [4.78, 5) is 0. The number of unbranched alkanes of at least 4 members (excludes halogenated alkanes) is 9. The van der Waals surface area contributed by atoms with E-state index in [4.69, 9.17) is 4.74 Å². The highest BCUT2D eigenvalue weighted by Crippen LogP contribution is 2.59. The molecule has 4 fully saturated rings. The number of benzene rings is 1. The van der Waals surface area contributed by atoms with E-state index in [-0.39, 0.29) is 0 Å². The Bertz CT molecular complexity index is 746. The van der Waals surface area contributed by atoms with Gasteiger partial charge >= 0.3 is 0 Å². The largest absolute Gasteiger partial charge is 0.494 e. The van der Waals surface area contributed by atoms with E-state index in [9.17, 15) is 0 Å². The molecule has 0 unspecified atom stereocenters. The number of hydrogen-bond acceptors (Lipinski definition) is 1. The van der Waals surface area contributed by atoms with Crippen LogP contribution in [0, 0.1) is 17.3 Å². The molecule has 4 aliphatic rings. The van der Waals surface area contributed by atoms with Crippen molar-refractivity contribution >= 4 is 0 Å². The molecule has 0 aromatic heterocycles. The predicted octanol–water partition coefficient (Wildman–Crippen LogP) is 12.4. The van der Waals surface area contributed by atoms with Gasteiger partial charge in [-0.15, -0.1) is 0 Å². The lowest BCUT2D eigenvalue weighted by molar-refractivity contribution is 0.0304. The molecule has 4 saturated carbocycles. The minimum Gasteiger partial charge on any atom is -0.494 e. The Morgan fingerprint density at radius 2 is 1.10 bits per heavy atom. The number of fused-ring (bicyclic) bond motifs is 3. The Morgan fingerprint density at radius 1 is 0.590 bits per heavy atom. The van der Waals surface area contributed by atoms with Crippen molar-refractivity contribution in [1.29, 1.82) is 0 Å². The van der Waals surface area contributed by atoms with Gasteiger partial charge in [-0.2, -0.15) is 0 Å². The highest BCUT2D eigenvalue weighted by Gasteiger charge is 2.48. The third-order valence-corrected chi connectivity index (χ3v) is 11.6. The van der Waals surface area contributed by atoms with Crippen molar-refractivity contribution in [2.75, 3.05) is 6.61 Å². The first-order valence-corrected chi connectivity index (χ1v) is 17.9. The first-order valence-electron chi connectivity index (χ1n) is 17.9. The van der Waals surface area contributed by atoms with Crippen LogP contribution in [-0.4, -0.2) is 6.61 Å². The second-order valence-corrected chi connectivity index (χ2v) is 14.4. The second kappa shape index (κ2) is 16.5. The summed E-state index contributed by atoms with van der Waals surface area (Å²) in [5.41, 5.74) is 2.77. The van der Waals surface area contributed by atoms with Crippen molar-refractivity contribution in [2.24, 2.45) is 17.3 Å². The van der Waals surface area contributed by atoms with E-state index < -0.39 is 0 Å². The van der Waals surface area contributed by atoms with E-state index in [1.54, 1.807) is 5.56 Å². The zero-order valence-electron chi connectivity index (χ0n) is 26.3. The van der Waals surface area contributed by atoms with Gasteiger partial charge in [0, 0.05) is 0 Å². The van der Waals surface area contributed by atoms with Crippen LogP contribution in [0.1, 0.15) is 180 Å². The minimum atomic E-state index is 0.467. The number of ether oxygens (including phenoxy) is 1. The van der Waals surface area contributed by atoms with Crippen LogP contribution in [0.4, 0.5) is 0 Å². The Hall–Kier alpha value is -0.980. The first kappa shape index (κ1) is 31.0. The zero-order chi connectivity index (χ0) is 27.2. The SMILES string of the molecule is CCCCCCCCCCC12CCC(c3ccc(OCCCC4CCC(CCCCC)CC4)cc3)(CC1)CC2. The third-order valence-electron chi connectivity index (χ3n) is 11.6. The molecule has 0 spiro atoms. The smallest absolute Gasteiger partial charge is 0.119 e. The van der Waals surface area contributed by atoms with Crippen LogP contribution in [0.3, 0.4) is 0 Å². The van der Waals surface area contributed by atoms with Crippen molar-refractivity contribution in [1.82, 2.24) is 0 Å². The van der Waals surface area contributed by atoms with Crippen LogP contribution < -0.4 is 4.74 Å². The summed E-state index contributed by atoms with van der Waals surface area (Å²) in [6, 6.07) is 9.41. The van der Waals surface area contributed by atoms with Gasteiger partial charge in [-0.3, -0.25) is 0 Å². The maximum Gasteiger partial charge on any atom is 0.119 e. The van der Waals surface area contributed by atoms with E-state index >= 15 is 0 Å². The van der Waals surface area contributed by atoms with Crippen molar-refractivity contribution < 1.29 is 4.74 Å². The Labute approximate surface area is 243 Å². The summed E-state index contributed by atoms with van der Waals surface area (Å²) >= 11 is 0. The molecule has 4 aliphatic carbocycles. The summed E-state index contributed by atoms with van der Waals surface area (Å²) in [6.07, 6.45) is 36.0. The molecule has 2 bridgehead atoms. The van der Waals surface area contributed by atoms with Crippen LogP contribution in [0.25, 0.3) is 0 Å². The molecule has 0 radical (unpaired) electrons. The molecule has 222 valence electrons. The van der Waals surface area contributed by atoms with E-state index in [2.05, 4.69) is 38.1 Å². The fourth-order valence-electron chi connectivity index (χ4n) is 8.66. The normalized spacial score (nSPS) is 28.6. The van der Waals surface area contributed by atoms with Gasteiger partial charge in [-0.1, -0.05) is 129 Å². The lowest BCUT2D eigenvalue weighted by Gasteiger charge is -2.54. The molecule has 0 atom stereocenters. The van der Waals surface area contributed by atoms with Crippen molar-refractivity contribution in [3.63, 3.8) is 0 Å². The summed E-state index contributed by atoms with van der Waals surface area (Å²) in [7, 11) is 0. The lowest BCUT2D eigenvalue weighted by Crippen LogP contribution is -2.44. The quantitative estimate of drug-likeness (QED) is 0.160. The van der Waals surface area contributed by atoms with Gasteiger partial charge in [0.25, 0.3) is 0 Å². The summed E-state index contributed by atoms with van der Waals surface area (Å²) in [6.45, 7) is 5.53. The van der Waals surface area contributed by atoms with Gasteiger partial charge in [-0.25, -0.2) is 0 Å². The van der Waals surface area contributed by atoms with Crippen LogP contribution in [0.15, 0.2) is 24.3 Å². The summed E-state index contributed by atoms with van der Waals surface area (Å²) < 4.78 is 6.21. The highest BCUT2D eigenvalue weighted by molar-refractivity contribution is 5.34. The molecular weight excluding hydrogens is 472 g/mol.